The van der Waals surface area contributed by atoms with Crippen LogP contribution in [0.5, 0.6) is 0 Å². The molecule has 3 heterocycles. The fourth-order valence-electron chi connectivity index (χ4n) is 4.01. The number of hydrogen-bond acceptors (Lipinski definition) is 5. The Hall–Kier alpha value is -2.63. The van der Waals surface area contributed by atoms with Crippen molar-refractivity contribution in [3.63, 3.8) is 0 Å². The smallest absolute Gasteiger partial charge is 0.219 e. The molecule has 1 fully saturated rings. The highest BCUT2D eigenvalue weighted by molar-refractivity contribution is 6.05. The van der Waals surface area contributed by atoms with Gasteiger partial charge in [-0.3, -0.25) is 4.79 Å². The molecule has 1 aliphatic heterocycles. The first-order valence-corrected chi connectivity index (χ1v) is 9.30. The van der Waals surface area contributed by atoms with E-state index in [9.17, 15) is 4.79 Å². The van der Waals surface area contributed by atoms with Gasteiger partial charge in [-0.1, -0.05) is 26.0 Å². The summed E-state index contributed by atoms with van der Waals surface area (Å²) >= 11 is 0. The van der Waals surface area contributed by atoms with Crippen LogP contribution in [0.1, 0.15) is 33.6 Å². The summed E-state index contributed by atoms with van der Waals surface area (Å²) in [5, 5.41) is 1.01. The topological polar surface area (TPSA) is 62.5 Å². The molecule has 0 radical (unpaired) electrons. The molecule has 6 heteroatoms. The van der Waals surface area contributed by atoms with Crippen LogP contribution in [-0.4, -0.2) is 45.9 Å². The van der Waals surface area contributed by atoms with Crippen LogP contribution in [0.3, 0.4) is 0 Å². The minimum Gasteiger partial charge on any atom is -0.450 e. The third-order valence-corrected chi connectivity index (χ3v) is 5.45. The van der Waals surface area contributed by atoms with Crippen molar-refractivity contribution < 1.29 is 9.21 Å². The minimum atomic E-state index is 0.145. The first-order chi connectivity index (χ1) is 12.6. The van der Waals surface area contributed by atoms with Crippen molar-refractivity contribution in [3.8, 4) is 0 Å². The number of fused-ring (bicyclic) bond motifs is 3. The van der Waals surface area contributed by atoms with Crippen LogP contribution in [0.25, 0.3) is 22.1 Å². The second kappa shape index (κ2) is 6.59. The van der Waals surface area contributed by atoms with Gasteiger partial charge in [-0.05, 0) is 25.0 Å². The zero-order valence-electron chi connectivity index (χ0n) is 15.5. The van der Waals surface area contributed by atoms with Gasteiger partial charge in [-0.2, -0.15) is 0 Å². The second-order valence-corrected chi connectivity index (χ2v) is 6.92. The highest BCUT2D eigenvalue weighted by atomic mass is 16.3. The van der Waals surface area contributed by atoms with Crippen LogP contribution in [0.15, 0.2) is 35.0 Å². The number of para-hydroxylation sites is 1. The summed E-state index contributed by atoms with van der Waals surface area (Å²) in [6.45, 7) is 7.42. The summed E-state index contributed by atoms with van der Waals surface area (Å²) < 4.78 is 6.13. The number of rotatable bonds is 3. The van der Waals surface area contributed by atoms with E-state index in [1.54, 1.807) is 13.3 Å². The third kappa shape index (κ3) is 2.60. The Morgan fingerprint density at radius 2 is 1.92 bits per heavy atom. The molecule has 4 rings (SSSR count). The zero-order valence-corrected chi connectivity index (χ0v) is 15.5. The fourth-order valence-corrected chi connectivity index (χ4v) is 4.01. The van der Waals surface area contributed by atoms with Crippen LogP contribution in [-0.2, 0) is 4.79 Å². The van der Waals surface area contributed by atoms with Gasteiger partial charge in [0, 0.05) is 37.5 Å². The zero-order chi connectivity index (χ0) is 18.3. The van der Waals surface area contributed by atoms with Crippen LogP contribution >= 0.6 is 0 Å². The molecule has 0 bridgehead atoms. The molecule has 2 atom stereocenters. The second-order valence-electron chi connectivity index (χ2n) is 6.92. The average Bonchev–Trinajstić information content (AvgIpc) is 3.05. The van der Waals surface area contributed by atoms with Crippen molar-refractivity contribution in [2.45, 2.75) is 45.7 Å². The summed E-state index contributed by atoms with van der Waals surface area (Å²) in [6.07, 6.45) is 3.47. The number of carbonyl (C=O) groups excluding carboxylic acids is 1. The molecule has 1 saturated heterocycles. The lowest BCUT2D eigenvalue weighted by Crippen LogP contribution is -2.59. The fraction of sp³-hybridized carbons (Fsp3) is 0.450. The van der Waals surface area contributed by atoms with Gasteiger partial charge in [0.1, 0.15) is 17.4 Å². The number of amides is 1. The molecule has 0 aliphatic carbocycles. The van der Waals surface area contributed by atoms with Crippen LogP contribution in [0.2, 0.25) is 0 Å². The molecule has 136 valence electrons. The van der Waals surface area contributed by atoms with Gasteiger partial charge >= 0.3 is 0 Å². The maximum Gasteiger partial charge on any atom is 0.219 e. The molecule has 1 aromatic carbocycles. The molecule has 2 aromatic heterocycles. The largest absolute Gasteiger partial charge is 0.450 e. The number of carbonyl (C=O) groups is 1. The molecule has 0 spiro atoms. The Balaban J connectivity index is 1.82. The molecule has 0 N–H and O–H groups in total. The molecule has 0 unspecified atom stereocenters. The number of aromatic nitrogens is 2. The van der Waals surface area contributed by atoms with E-state index < -0.39 is 0 Å². The third-order valence-electron chi connectivity index (χ3n) is 5.45. The van der Waals surface area contributed by atoms with E-state index in [-0.39, 0.29) is 18.0 Å². The normalized spacial score (nSPS) is 20.9. The van der Waals surface area contributed by atoms with Gasteiger partial charge < -0.3 is 14.2 Å². The summed E-state index contributed by atoms with van der Waals surface area (Å²) in [4.78, 5) is 25.4. The lowest BCUT2D eigenvalue weighted by molar-refractivity contribution is -0.132. The number of benzene rings is 1. The van der Waals surface area contributed by atoms with Gasteiger partial charge in [0.15, 0.2) is 11.4 Å². The molecule has 1 aliphatic rings. The maximum atomic E-state index is 12.1. The minimum absolute atomic E-state index is 0.145. The molecule has 6 nitrogen and oxygen atoms in total. The molecule has 0 saturated carbocycles. The van der Waals surface area contributed by atoms with Crippen molar-refractivity contribution in [1.29, 1.82) is 0 Å². The number of hydrogen-bond donors (Lipinski definition) is 0. The predicted octanol–water partition coefficient (Wildman–Crippen LogP) is 3.60. The summed E-state index contributed by atoms with van der Waals surface area (Å²) in [5.74, 6) is 0.978. The summed E-state index contributed by atoms with van der Waals surface area (Å²) in [5.41, 5.74) is 2.41. The van der Waals surface area contributed by atoms with E-state index in [4.69, 9.17) is 4.42 Å². The Bertz CT molecular complexity index is 951. The van der Waals surface area contributed by atoms with E-state index >= 15 is 0 Å². The molecule has 26 heavy (non-hydrogen) atoms. The molecular formula is C20H24N4O2. The van der Waals surface area contributed by atoms with Crippen molar-refractivity contribution in [3.05, 3.63) is 30.6 Å². The van der Waals surface area contributed by atoms with Crippen molar-refractivity contribution in [2.24, 2.45) is 0 Å². The van der Waals surface area contributed by atoms with E-state index in [1.807, 2.05) is 29.2 Å². The lowest BCUT2D eigenvalue weighted by Gasteiger charge is -2.46. The van der Waals surface area contributed by atoms with Gasteiger partial charge in [-0.15, -0.1) is 0 Å². The molecular weight excluding hydrogens is 328 g/mol. The quantitative estimate of drug-likeness (QED) is 0.721. The predicted molar refractivity (Wildman–Crippen MR) is 102 cm³/mol. The van der Waals surface area contributed by atoms with Gasteiger partial charge in [-0.25, -0.2) is 9.97 Å². The Kier molecular flexibility index (Phi) is 4.26. The average molecular weight is 352 g/mol. The van der Waals surface area contributed by atoms with E-state index in [2.05, 4.69) is 28.7 Å². The Morgan fingerprint density at radius 1 is 1.15 bits per heavy atom. The van der Waals surface area contributed by atoms with Crippen LogP contribution in [0.4, 0.5) is 5.82 Å². The monoisotopic (exact) mass is 352 g/mol. The van der Waals surface area contributed by atoms with Gasteiger partial charge in [0.2, 0.25) is 5.91 Å². The molecule has 3 aromatic rings. The van der Waals surface area contributed by atoms with Gasteiger partial charge in [0.05, 0.1) is 0 Å². The summed E-state index contributed by atoms with van der Waals surface area (Å²) in [6, 6.07) is 8.34. The van der Waals surface area contributed by atoms with Crippen molar-refractivity contribution >= 4 is 33.8 Å². The maximum absolute atomic E-state index is 12.1. The SMILES string of the molecule is CC[C@@H]1CN(c2ncnc3c2oc2ccccc23)[C@H](CC)CN1C(C)=O. The van der Waals surface area contributed by atoms with Crippen LogP contribution < -0.4 is 4.90 Å². The van der Waals surface area contributed by atoms with Crippen molar-refractivity contribution in [1.82, 2.24) is 14.9 Å². The Labute approximate surface area is 152 Å². The number of piperazine rings is 1. The first-order valence-electron chi connectivity index (χ1n) is 9.30. The summed E-state index contributed by atoms with van der Waals surface area (Å²) in [7, 11) is 0. The first kappa shape index (κ1) is 16.8. The lowest BCUT2D eigenvalue weighted by atomic mass is 10.0. The Morgan fingerprint density at radius 3 is 2.65 bits per heavy atom. The molecule has 1 amide bonds. The number of anilines is 1. The number of nitrogens with zero attached hydrogens (tertiary/aromatic N) is 4. The van der Waals surface area contributed by atoms with Gasteiger partial charge in [0.25, 0.3) is 0 Å². The van der Waals surface area contributed by atoms with Crippen molar-refractivity contribution in [2.75, 3.05) is 18.0 Å². The highest BCUT2D eigenvalue weighted by Crippen LogP contribution is 2.34. The number of furan rings is 1. The van der Waals surface area contributed by atoms with E-state index in [1.165, 1.54) is 0 Å². The highest BCUT2D eigenvalue weighted by Gasteiger charge is 2.35. The van der Waals surface area contributed by atoms with E-state index in [0.29, 0.717) is 0 Å². The van der Waals surface area contributed by atoms with E-state index in [0.717, 1.165) is 53.8 Å². The standard InChI is InChI=1S/C20H24N4O2/c1-4-14-11-24(15(5-2)10-23(14)13(3)25)20-19-18(21-12-22-20)16-8-6-7-9-17(16)26-19/h6-9,12,14-15H,4-5,10-11H2,1-3H3/t14-,15-/m1/s1. The van der Waals surface area contributed by atoms with Crippen LogP contribution in [0, 0.1) is 0 Å².